The number of nitrogens with one attached hydrogen (secondary N) is 1. The van der Waals surface area contributed by atoms with Gasteiger partial charge >= 0.3 is 0 Å². The molecule has 0 aliphatic carbocycles. The van der Waals surface area contributed by atoms with Gasteiger partial charge in [-0.3, -0.25) is 4.90 Å². The highest BCUT2D eigenvalue weighted by atomic mass is 15.2. The van der Waals surface area contributed by atoms with Crippen LogP contribution in [0, 0.1) is 5.41 Å². The van der Waals surface area contributed by atoms with Gasteiger partial charge in [0.15, 0.2) is 0 Å². The van der Waals surface area contributed by atoms with Gasteiger partial charge in [-0.25, -0.2) is 0 Å². The van der Waals surface area contributed by atoms with E-state index in [-0.39, 0.29) is 0 Å². The highest BCUT2D eigenvalue weighted by molar-refractivity contribution is 4.83. The standard InChI is InChI=1S/C17H39N3/c1-8-11-17(5,14-18-12-9-2)15-20(10-3)16(4)13-19(6)7/h16,18H,8-15H2,1-7H3. The molecule has 3 heteroatoms. The molecule has 0 bridgehead atoms. The average molecular weight is 286 g/mol. The largest absolute Gasteiger partial charge is 0.316 e. The van der Waals surface area contributed by atoms with Gasteiger partial charge < -0.3 is 10.2 Å². The van der Waals surface area contributed by atoms with Crippen LogP contribution in [-0.2, 0) is 0 Å². The molecule has 0 aromatic rings. The fraction of sp³-hybridized carbons (Fsp3) is 1.00. The van der Waals surface area contributed by atoms with Gasteiger partial charge in [-0.15, -0.1) is 0 Å². The van der Waals surface area contributed by atoms with Gasteiger partial charge in [-0.2, -0.15) is 0 Å². The van der Waals surface area contributed by atoms with E-state index in [4.69, 9.17) is 0 Å². The second kappa shape index (κ2) is 10.6. The van der Waals surface area contributed by atoms with Crippen molar-refractivity contribution >= 4 is 0 Å². The highest BCUT2D eigenvalue weighted by Crippen LogP contribution is 2.25. The fourth-order valence-electron chi connectivity index (χ4n) is 3.11. The Balaban J connectivity index is 4.57. The predicted molar refractivity (Wildman–Crippen MR) is 91.4 cm³/mol. The summed E-state index contributed by atoms with van der Waals surface area (Å²) in [5.74, 6) is 0. The maximum atomic E-state index is 3.63. The molecule has 0 rings (SSSR count). The Morgan fingerprint density at radius 3 is 2.20 bits per heavy atom. The number of hydrogen-bond donors (Lipinski definition) is 1. The maximum absolute atomic E-state index is 3.63. The molecular weight excluding hydrogens is 246 g/mol. The minimum absolute atomic E-state index is 0.389. The lowest BCUT2D eigenvalue weighted by Gasteiger charge is -2.39. The average Bonchev–Trinajstić information content (AvgIpc) is 2.36. The van der Waals surface area contributed by atoms with Crippen molar-refractivity contribution in [1.29, 1.82) is 0 Å². The van der Waals surface area contributed by atoms with Gasteiger partial charge in [0.2, 0.25) is 0 Å². The van der Waals surface area contributed by atoms with E-state index in [1.807, 2.05) is 0 Å². The van der Waals surface area contributed by atoms with Crippen LogP contribution in [0.15, 0.2) is 0 Å². The van der Waals surface area contributed by atoms with Crippen LogP contribution in [0.3, 0.4) is 0 Å². The first-order chi connectivity index (χ1) is 9.38. The summed E-state index contributed by atoms with van der Waals surface area (Å²) in [5.41, 5.74) is 0.389. The molecule has 20 heavy (non-hydrogen) atoms. The molecule has 0 aliphatic heterocycles. The smallest absolute Gasteiger partial charge is 0.0194 e. The van der Waals surface area contributed by atoms with Gasteiger partial charge in [0.1, 0.15) is 0 Å². The second-order valence-corrected chi connectivity index (χ2v) is 6.91. The fourth-order valence-corrected chi connectivity index (χ4v) is 3.11. The Morgan fingerprint density at radius 1 is 1.10 bits per heavy atom. The predicted octanol–water partition coefficient (Wildman–Crippen LogP) is 3.06. The minimum Gasteiger partial charge on any atom is -0.316 e. The van der Waals surface area contributed by atoms with E-state index >= 15 is 0 Å². The zero-order valence-electron chi connectivity index (χ0n) is 15.1. The number of nitrogens with zero attached hydrogens (tertiary/aromatic N) is 2. The third-order valence-corrected chi connectivity index (χ3v) is 4.08. The maximum Gasteiger partial charge on any atom is 0.0194 e. The second-order valence-electron chi connectivity index (χ2n) is 6.91. The molecular formula is C17H39N3. The van der Waals surface area contributed by atoms with Gasteiger partial charge in [-0.1, -0.05) is 34.1 Å². The molecule has 3 nitrogen and oxygen atoms in total. The molecule has 2 unspecified atom stereocenters. The Kier molecular flexibility index (Phi) is 10.5. The van der Waals surface area contributed by atoms with E-state index in [1.54, 1.807) is 0 Å². The van der Waals surface area contributed by atoms with Crippen LogP contribution < -0.4 is 5.32 Å². The van der Waals surface area contributed by atoms with Gasteiger partial charge in [0.25, 0.3) is 0 Å². The Bertz CT molecular complexity index is 230. The van der Waals surface area contributed by atoms with Crippen molar-refractivity contribution in [3.05, 3.63) is 0 Å². The van der Waals surface area contributed by atoms with Crippen LogP contribution in [0.4, 0.5) is 0 Å². The van der Waals surface area contributed by atoms with Crippen LogP contribution in [0.2, 0.25) is 0 Å². The lowest BCUT2D eigenvalue weighted by Crippen LogP contribution is -2.48. The van der Waals surface area contributed by atoms with E-state index in [2.05, 4.69) is 63.8 Å². The Labute approximate surface area is 128 Å². The van der Waals surface area contributed by atoms with E-state index in [0.717, 1.165) is 26.2 Å². The number of likely N-dealkylation sites (N-methyl/N-ethyl adjacent to an activating group) is 2. The topological polar surface area (TPSA) is 18.5 Å². The molecule has 1 N–H and O–H groups in total. The summed E-state index contributed by atoms with van der Waals surface area (Å²) in [6.45, 7) is 17.4. The van der Waals surface area contributed by atoms with Crippen molar-refractivity contribution in [2.24, 2.45) is 5.41 Å². The zero-order valence-corrected chi connectivity index (χ0v) is 15.1. The molecule has 0 aromatic heterocycles. The lowest BCUT2D eigenvalue weighted by molar-refractivity contribution is 0.107. The first kappa shape index (κ1) is 19.9. The van der Waals surface area contributed by atoms with Gasteiger partial charge in [0.05, 0.1) is 0 Å². The molecule has 0 aromatic carbocycles. The van der Waals surface area contributed by atoms with Crippen LogP contribution in [0.25, 0.3) is 0 Å². The molecule has 0 aliphatic rings. The third-order valence-electron chi connectivity index (χ3n) is 4.08. The van der Waals surface area contributed by atoms with Crippen molar-refractivity contribution in [2.45, 2.75) is 59.9 Å². The first-order valence-electron chi connectivity index (χ1n) is 8.48. The Morgan fingerprint density at radius 2 is 1.75 bits per heavy atom. The summed E-state index contributed by atoms with van der Waals surface area (Å²) in [4.78, 5) is 4.93. The summed E-state index contributed by atoms with van der Waals surface area (Å²) in [6.07, 6.45) is 3.79. The molecule has 0 amide bonds. The van der Waals surface area contributed by atoms with Gasteiger partial charge in [0, 0.05) is 25.7 Å². The van der Waals surface area contributed by atoms with Crippen LogP contribution in [-0.4, -0.2) is 62.7 Å². The molecule has 2 atom stereocenters. The summed E-state index contributed by atoms with van der Waals surface area (Å²) >= 11 is 0. The van der Waals surface area contributed by atoms with E-state index < -0.39 is 0 Å². The lowest BCUT2D eigenvalue weighted by atomic mass is 9.84. The molecule has 122 valence electrons. The molecule has 0 fully saturated rings. The minimum atomic E-state index is 0.389. The number of rotatable bonds is 12. The van der Waals surface area contributed by atoms with Crippen molar-refractivity contribution in [3.63, 3.8) is 0 Å². The van der Waals surface area contributed by atoms with Crippen LogP contribution in [0.1, 0.15) is 53.9 Å². The van der Waals surface area contributed by atoms with Crippen LogP contribution in [0.5, 0.6) is 0 Å². The summed E-state index contributed by atoms with van der Waals surface area (Å²) in [6, 6.07) is 0.623. The quantitative estimate of drug-likeness (QED) is 0.556. The Hall–Kier alpha value is -0.120. The molecule has 0 saturated carbocycles. The summed E-state index contributed by atoms with van der Waals surface area (Å²) in [7, 11) is 4.33. The molecule has 0 saturated heterocycles. The van der Waals surface area contributed by atoms with Crippen molar-refractivity contribution in [1.82, 2.24) is 15.1 Å². The molecule has 0 radical (unpaired) electrons. The molecule has 0 spiro atoms. The van der Waals surface area contributed by atoms with Crippen molar-refractivity contribution in [3.8, 4) is 0 Å². The third kappa shape index (κ3) is 8.23. The summed E-state index contributed by atoms with van der Waals surface area (Å²) in [5, 5.41) is 3.63. The monoisotopic (exact) mass is 285 g/mol. The van der Waals surface area contributed by atoms with E-state index in [9.17, 15) is 0 Å². The van der Waals surface area contributed by atoms with Crippen LogP contribution >= 0.6 is 0 Å². The van der Waals surface area contributed by atoms with E-state index in [1.165, 1.54) is 25.8 Å². The highest BCUT2D eigenvalue weighted by Gasteiger charge is 2.27. The van der Waals surface area contributed by atoms with Crippen molar-refractivity contribution < 1.29 is 0 Å². The molecule has 0 heterocycles. The number of hydrogen-bond acceptors (Lipinski definition) is 3. The van der Waals surface area contributed by atoms with Crippen molar-refractivity contribution in [2.75, 3.05) is 46.8 Å². The normalized spacial score (nSPS) is 16.6. The SMILES string of the molecule is CCCNCC(C)(CCC)CN(CC)C(C)CN(C)C. The van der Waals surface area contributed by atoms with Gasteiger partial charge in [-0.05, 0) is 52.4 Å². The zero-order chi connectivity index (χ0) is 15.6. The van der Waals surface area contributed by atoms with E-state index in [0.29, 0.717) is 11.5 Å². The first-order valence-corrected chi connectivity index (χ1v) is 8.48. The summed E-state index contributed by atoms with van der Waals surface area (Å²) < 4.78 is 0.